The van der Waals surface area contributed by atoms with Crippen LogP contribution >= 0.6 is 22.7 Å². The molecule has 4 aromatic heterocycles. The highest BCUT2D eigenvalue weighted by Gasteiger charge is 2.97. The van der Waals surface area contributed by atoms with E-state index in [1.54, 1.807) is 13.8 Å². The second-order valence-corrected chi connectivity index (χ2v) is 16.7. The molecule has 0 spiro atoms. The summed E-state index contributed by atoms with van der Waals surface area (Å²) < 4.78 is 301. The molecular weight excluding hydrogens is 1070 g/mol. The first-order chi connectivity index (χ1) is 32.0. The standard InChI is InChI=1S/C36H28F21N7O5S2/c1-13(58)23-63-20(16(4)68-23)22(66)60-15(3)24-61-17(11-70-24)21(65)59-14(2)25-62-18(12-71-25)26(67)69-19-7-5-6-9-64(19)10-8-27(37,38)28(39,40)29(41,42)30(43,44)31(45,46)32(47,48)33(49,50)34(51,52)35(53,54)36(55,56)57/h5-7,9,11-15H,8,10,58H2,1-4H3,(H-,59,60,65,66)/p+1/t13-,14-,15-/m0/s1. The van der Waals surface area contributed by atoms with Gasteiger partial charge in [0.05, 0.1) is 30.6 Å². The van der Waals surface area contributed by atoms with Crippen molar-refractivity contribution in [1.29, 1.82) is 0 Å². The van der Waals surface area contributed by atoms with Crippen molar-refractivity contribution >= 4 is 40.5 Å². The lowest BCUT2D eigenvalue weighted by Gasteiger charge is -2.44. The Hall–Kier alpha value is -5.48. The molecular formula is C36H29F21N7O5S2+. The van der Waals surface area contributed by atoms with Crippen molar-refractivity contribution in [3.8, 4) is 5.88 Å². The van der Waals surface area contributed by atoms with Crippen LogP contribution in [-0.2, 0) is 6.54 Å². The summed E-state index contributed by atoms with van der Waals surface area (Å²) in [7, 11) is 0. The number of thiazole rings is 2. The van der Waals surface area contributed by atoms with Gasteiger partial charge in [0.15, 0.2) is 24.1 Å². The molecule has 0 saturated heterocycles. The van der Waals surface area contributed by atoms with E-state index < -0.39 is 120 Å². The summed E-state index contributed by atoms with van der Waals surface area (Å²) in [5, 5.41) is 7.68. The van der Waals surface area contributed by atoms with E-state index in [1.807, 2.05) is 0 Å². The Labute approximate surface area is 389 Å². The normalized spacial score (nSPS) is 15.3. The van der Waals surface area contributed by atoms with Crippen molar-refractivity contribution in [2.24, 2.45) is 5.73 Å². The molecule has 0 aliphatic heterocycles. The molecule has 396 valence electrons. The number of carbonyl (C=O) groups excluding carboxylic acids is 3. The second kappa shape index (κ2) is 19.2. The molecule has 0 unspecified atom stereocenters. The Morgan fingerprint density at radius 1 is 0.648 bits per heavy atom. The van der Waals surface area contributed by atoms with E-state index in [0.717, 1.165) is 28.8 Å². The van der Waals surface area contributed by atoms with Crippen LogP contribution in [0.25, 0.3) is 0 Å². The van der Waals surface area contributed by atoms with Crippen LogP contribution in [0.2, 0.25) is 0 Å². The lowest BCUT2D eigenvalue weighted by Crippen LogP contribution is -2.76. The Bertz CT molecular complexity index is 2600. The average Bonchev–Trinajstić information content (AvgIpc) is 4.03. The number of nitrogens with zero attached hydrogens (tertiary/aromatic N) is 4. The maximum Gasteiger partial charge on any atom is 0.460 e. The highest BCUT2D eigenvalue weighted by molar-refractivity contribution is 7.10. The molecule has 0 aliphatic rings. The van der Waals surface area contributed by atoms with Crippen molar-refractivity contribution in [1.82, 2.24) is 25.6 Å². The van der Waals surface area contributed by atoms with Gasteiger partial charge in [0.2, 0.25) is 5.89 Å². The van der Waals surface area contributed by atoms with E-state index in [0.29, 0.717) is 23.6 Å². The van der Waals surface area contributed by atoms with Crippen molar-refractivity contribution in [2.75, 3.05) is 0 Å². The van der Waals surface area contributed by atoms with Crippen molar-refractivity contribution in [3.05, 3.63) is 73.9 Å². The Morgan fingerprint density at radius 2 is 1.08 bits per heavy atom. The highest BCUT2D eigenvalue weighted by Crippen LogP contribution is 2.66. The number of rotatable bonds is 20. The number of pyridine rings is 1. The van der Waals surface area contributed by atoms with Crippen LogP contribution in [0.1, 0.15) is 98.4 Å². The number of hydrogen-bond acceptors (Lipinski definition) is 11. The first-order valence-corrected chi connectivity index (χ1v) is 20.7. The molecule has 0 aromatic carbocycles. The number of alkyl halides is 21. The number of esters is 1. The number of aromatic nitrogens is 4. The fourth-order valence-corrected chi connectivity index (χ4v) is 7.15. The smallest absolute Gasteiger partial charge is 0.443 e. The molecule has 2 amide bonds. The Balaban J connectivity index is 1.45. The molecule has 4 heterocycles. The van der Waals surface area contributed by atoms with Gasteiger partial charge >= 0.3 is 71.3 Å². The summed E-state index contributed by atoms with van der Waals surface area (Å²) in [4.78, 5) is 50.8. The molecule has 12 nitrogen and oxygen atoms in total. The molecule has 0 fully saturated rings. The maximum absolute atomic E-state index is 14.7. The summed E-state index contributed by atoms with van der Waals surface area (Å²) in [6, 6.07) is 0.0402. The Kier molecular flexibility index (Phi) is 15.7. The highest BCUT2D eigenvalue weighted by atomic mass is 32.1. The minimum Gasteiger partial charge on any atom is -0.443 e. The lowest BCUT2D eigenvalue weighted by atomic mass is 9.86. The number of hydrogen-bond donors (Lipinski definition) is 3. The minimum absolute atomic E-state index is 0.0314. The number of aryl methyl sites for hydroxylation is 2. The van der Waals surface area contributed by atoms with Crippen LogP contribution in [0.3, 0.4) is 0 Å². The van der Waals surface area contributed by atoms with Gasteiger partial charge < -0.3 is 25.5 Å². The summed E-state index contributed by atoms with van der Waals surface area (Å²) in [6.45, 7) is 4.05. The summed E-state index contributed by atoms with van der Waals surface area (Å²) in [5.74, 6) is -81.8. The average molecular weight is 1100 g/mol. The summed E-state index contributed by atoms with van der Waals surface area (Å²) >= 11 is 1.66. The third kappa shape index (κ3) is 10.0. The summed E-state index contributed by atoms with van der Waals surface area (Å²) in [6.07, 6.45) is -10.5. The molecule has 0 saturated carbocycles. The van der Waals surface area contributed by atoms with E-state index in [9.17, 15) is 107 Å². The van der Waals surface area contributed by atoms with E-state index in [-0.39, 0.29) is 37.6 Å². The van der Waals surface area contributed by atoms with Gasteiger partial charge in [-0.2, -0.15) is 96.8 Å². The van der Waals surface area contributed by atoms with Gasteiger partial charge in [-0.25, -0.2) is 19.7 Å². The number of amides is 2. The third-order valence-electron chi connectivity index (χ3n) is 9.68. The largest absolute Gasteiger partial charge is 0.460 e. The number of halogens is 21. The second-order valence-electron chi connectivity index (χ2n) is 14.9. The van der Waals surface area contributed by atoms with Gasteiger partial charge in [-0.05, 0) is 33.8 Å². The summed E-state index contributed by atoms with van der Waals surface area (Å²) in [5.41, 5.74) is 4.90. The van der Waals surface area contributed by atoms with Gasteiger partial charge in [0, 0.05) is 16.8 Å². The molecule has 71 heavy (non-hydrogen) atoms. The molecule has 0 radical (unpaired) electrons. The molecule has 3 atom stereocenters. The van der Waals surface area contributed by atoms with Crippen LogP contribution in [-0.4, -0.2) is 92.2 Å². The fourth-order valence-electron chi connectivity index (χ4n) is 5.55. The monoisotopic (exact) mass is 1100 g/mol. The van der Waals surface area contributed by atoms with E-state index >= 15 is 0 Å². The quantitative estimate of drug-likeness (QED) is 0.0444. The number of ether oxygens (including phenoxy) is 1. The maximum atomic E-state index is 14.7. The predicted molar refractivity (Wildman–Crippen MR) is 197 cm³/mol. The third-order valence-corrected chi connectivity index (χ3v) is 11.7. The molecule has 35 heteroatoms. The van der Waals surface area contributed by atoms with Crippen LogP contribution in [0, 0.1) is 6.92 Å². The van der Waals surface area contributed by atoms with Gasteiger partial charge in [0.1, 0.15) is 21.5 Å². The zero-order valence-electron chi connectivity index (χ0n) is 35.3. The van der Waals surface area contributed by atoms with E-state index in [4.69, 9.17) is 14.9 Å². The van der Waals surface area contributed by atoms with Gasteiger partial charge in [-0.1, -0.05) is 0 Å². The van der Waals surface area contributed by atoms with Crippen LogP contribution in [0.5, 0.6) is 5.88 Å². The van der Waals surface area contributed by atoms with Crippen LogP contribution < -0.4 is 25.7 Å². The first-order valence-electron chi connectivity index (χ1n) is 18.9. The zero-order valence-corrected chi connectivity index (χ0v) is 36.9. The van der Waals surface area contributed by atoms with Crippen LogP contribution in [0.15, 0.2) is 39.6 Å². The number of oxazole rings is 1. The molecule has 0 bridgehead atoms. The van der Waals surface area contributed by atoms with E-state index in [2.05, 4.69) is 25.6 Å². The predicted octanol–water partition coefficient (Wildman–Crippen LogP) is 10.1. The lowest BCUT2D eigenvalue weighted by molar-refractivity contribution is -0.703. The first kappa shape index (κ1) is 58.1. The fraction of sp³-hybridized carbons (Fsp3) is 0.528. The van der Waals surface area contributed by atoms with Crippen molar-refractivity contribution in [3.63, 3.8) is 0 Å². The number of nitrogens with one attached hydrogen (secondary N) is 2. The minimum atomic E-state index is -9.29. The topological polar surface area (TPSA) is 166 Å². The van der Waals surface area contributed by atoms with E-state index in [1.165, 1.54) is 19.2 Å². The number of nitrogens with two attached hydrogens (primary N) is 1. The Morgan fingerprint density at radius 3 is 1.55 bits per heavy atom. The van der Waals surface area contributed by atoms with Crippen LogP contribution in [0.4, 0.5) is 92.2 Å². The van der Waals surface area contributed by atoms with Crippen molar-refractivity contribution < 1.29 is 120 Å². The molecule has 4 aromatic rings. The van der Waals surface area contributed by atoms with Gasteiger partial charge in [-0.15, -0.1) is 22.7 Å². The molecule has 4 rings (SSSR count). The van der Waals surface area contributed by atoms with Gasteiger partial charge in [-0.3, -0.25) is 9.59 Å². The zero-order chi connectivity index (χ0) is 54.7. The molecule has 0 aliphatic carbocycles. The SMILES string of the molecule is Cc1oc([C@H](C)N)nc1C(=O)N[C@@H](C)c1nc(C(=O)N[C@@H](C)c2nc(C(=O)Oc3cccc[n+]3CCC(F)(F)C(F)(F)C(F)(F)C(F)(F)C(F)(F)C(F)(F)C(F)(F)C(F)(F)C(F)(F)C(F)(F)F)cs2)cs1. The van der Waals surface area contributed by atoms with Gasteiger partial charge in [0.25, 0.3) is 11.8 Å². The molecule has 4 N–H and O–H groups in total. The number of carbonyl (C=O) groups is 3. The van der Waals surface area contributed by atoms with Crippen molar-refractivity contribution in [2.45, 2.75) is 118 Å².